The first-order valence-corrected chi connectivity index (χ1v) is 4.41. The highest BCUT2D eigenvalue weighted by Gasteiger charge is 2.10. The lowest BCUT2D eigenvalue weighted by molar-refractivity contribution is -0.296. The number of ketones is 1. The quantitative estimate of drug-likeness (QED) is 0.354. The molecule has 0 fully saturated rings. The normalized spacial score (nSPS) is 9.62. The zero-order valence-electron chi connectivity index (χ0n) is 6.41. The van der Waals surface area contributed by atoms with Crippen molar-refractivity contribution in [3.8, 4) is 0 Å². The number of nitrogens with two attached hydrogens (primary N) is 1. The Balaban J connectivity index is 3.21. The molecule has 0 aliphatic heterocycles. The van der Waals surface area contributed by atoms with E-state index < -0.39 is 11.8 Å². The third kappa shape index (κ3) is 2.18. The van der Waals surface area contributed by atoms with Crippen molar-refractivity contribution in [3.63, 3.8) is 0 Å². The average molecular weight is 290 g/mol. The highest BCUT2D eigenvalue weighted by atomic mass is 127. The molecule has 0 saturated heterocycles. The molecule has 1 aromatic rings. The number of Topliss-reactive ketones (excluding diaryl/α,β-unsaturated/α-hetero) is 1. The third-order valence-electron chi connectivity index (χ3n) is 1.45. The predicted octanol–water partition coefficient (Wildman–Crippen LogP) is -0.194. The minimum atomic E-state index is -1.74. The Morgan fingerprint density at radius 3 is 2.54 bits per heavy atom. The van der Waals surface area contributed by atoms with Gasteiger partial charge in [-0.3, -0.25) is 4.79 Å². The maximum atomic E-state index is 11.0. The van der Waals surface area contributed by atoms with E-state index in [0.29, 0.717) is 0 Å². The number of hydrogen-bond donors (Lipinski definition) is 1. The minimum Gasteiger partial charge on any atom is -0.541 e. The standard InChI is InChI=1S/C8H6INO3/c9-4-1-2-6(10)5(3-4)7(11)8(12)13/h1-3H,10H2,(H,12,13)/p-1. The van der Waals surface area contributed by atoms with E-state index in [2.05, 4.69) is 0 Å². The second kappa shape index (κ2) is 3.73. The van der Waals surface area contributed by atoms with Crippen LogP contribution in [0.3, 0.4) is 0 Å². The van der Waals surface area contributed by atoms with Crippen molar-refractivity contribution < 1.29 is 14.7 Å². The van der Waals surface area contributed by atoms with Crippen LogP contribution in [0.2, 0.25) is 0 Å². The van der Waals surface area contributed by atoms with Gasteiger partial charge in [0.2, 0.25) is 5.78 Å². The average Bonchev–Trinajstić information content (AvgIpc) is 2.08. The monoisotopic (exact) mass is 290 g/mol. The zero-order valence-corrected chi connectivity index (χ0v) is 8.57. The lowest BCUT2D eigenvalue weighted by Crippen LogP contribution is -2.32. The Labute approximate surface area is 87.9 Å². The van der Waals surface area contributed by atoms with Crippen LogP contribution in [0.1, 0.15) is 10.4 Å². The fourth-order valence-electron chi connectivity index (χ4n) is 0.835. The van der Waals surface area contributed by atoms with Gasteiger partial charge in [0.05, 0.1) is 0 Å². The van der Waals surface area contributed by atoms with E-state index in [1.54, 1.807) is 6.07 Å². The maximum Gasteiger partial charge on any atom is 0.210 e. The largest absolute Gasteiger partial charge is 0.541 e. The first-order chi connectivity index (χ1) is 6.02. The number of aliphatic carboxylic acids is 1. The fraction of sp³-hybridized carbons (Fsp3) is 0. The van der Waals surface area contributed by atoms with Gasteiger partial charge in [-0.05, 0) is 40.8 Å². The van der Waals surface area contributed by atoms with Crippen LogP contribution < -0.4 is 10.8 Å². The molecular formula is C8H5INO3-. The van der Waals surface area contributed by atoms with Crippen molar-refractivity contribution in [2.45, 2.75) is 0 Å². The van der Waals surface area contributed by atoms with Gasteiger partial charge in [-0.1, -0.05) is 0 Å². The van der Waals surface area contributed by atoms with E-state index in [0.717, 1.165) is 3.57 Å². The smallest absolute Gasteiger partial charge is 0.210 e. The minimum absolute atomic E-state index is 0.0214. The molecular weight excluding hydrogens is 285 g/mol. The van der Waals surface area contributed by atoms with Crippen LogP contribution in [-0.2, 0) is 4.79 Å². The van der Waals surface area contributed by atoms with Crippen LogP contribution in [0.4, 0.5) is 5.69 Å². The molecule has 2 N–H and O–H groups in total. The zero-order chi connectivity index (χ0) is 10.0. The molecule has 0 atom stereocenters. The molecule has 0 heterocycles. The number of carbonyl (C=O) groups is 2. The van der Waals surface area contributed by atoms with Crippen LogP contribution >= 0.6 is 22.6 Å². The second-order valence-electron chi connectivity index (χ2n) is 2.35. The van der Waals surface area contributed by atoms with Gasteiger partial charge in [-0.2, -0.15) is 0 Å². The van der Waals surface area contributed by atoms with Gasteiger partial charge in [0.25, 0.3) is 0 Å². The summed E-state index contributed by atoms with van der Waals surface area (Å²) >= 11 is 1.96. The highest BCUT2D eigenvalue weighted by Crippen LogP contribution is 2.15. The molecule has 0 bridgehead atoms. The van der Waals surface area contributed by atoms with Crippen molar-refractivity contribution in [1.82, 2.24) is 0 Å². The van der Waals surface area contributed by atoms with Crippen LogP contribution in [0.25, 0.3) is 0 Å². The number of nitrogen functional groups attached to an aromatic ring is 1. The summed E-state index contributed by atoms with van der Waals surface area (Å²) in [5, 5.41) is 10.2. The summed E-state index contributed by atoms with van der Waals surface area (Å²) in [7, 11) is 0. The van der Waals surface area contributed by atoms with Crippen LogP contribution in [0.15, 0.2) is 18.2 Å². The van der Waals surface area contributed by atoms with Gasteiger partial charge in [0.15, 0.2) is 0 Å². The maximum absolute atomic E-state index is 11.0. The van der Waals surface area contributed by atoms with Crippen LogP contribution in [0, 0.1) is 3.57 Å². The topological polar surface area (TPSA) is 83.2 Å². The first kappa shape index (κ1) is 9.97. The fourth-order valence-corrected chi connectivity index (χ4v) is 1.33. The molecule has 0 saturated carbocycles. The Kier molecular flexibility index (Phi) is 2.86. The number of carboxylic acid groups (broad SMARTS) is 1. The summed E-state index contributed by atoms with van der Waals surface area (Å²) in [6.45, 7) is 0. The Bertz CT molecular complexity index is 376. The highest BCUT2D eigenvalue weighted by molar-refractivity contribution is 14.1. The number of hydrogen-bond acceptors (Lipinski definition) is 4. The van der Waals surface area contributed by atoms with Crippen molar-refractivity contribution in [3.05, 3.63) is 27.3 Å². The summed E-state index contributed by atoms with van der Waals surface area (Å²) in [6.07, 6.45) is 0. The summed E-state index contributed by atoms with van der Waals surface area (Å²) in [5.41, 5.74) is 5.54. The number of carboxylic acids is 1. The molecule has 0 aromatic heterocycles. The Morgan fingerprint density at radius 1 is 1.38 bits per heavy atom. The molecule has 1 rings (SSSR count). The van der Waals surface area contributed by atoms with Crippen molar-refractivity contribution >= 4 is 40.0 Å². The number of anilines is 1. The number of halogens is 1. The van der Waals surface area contributed by atoms with Crippen molar-refractivity contribution in [1.29, 1.82) is 0 Å². The van der Waals surface area contributed by atoms with E-state index in [4.69, 9.17) is 5.73 Å². The molecule has 4 nitrogen and oxygen atoms in total. The number of carbonyl (C=O) groups excluding carboxylic acids is 2. The molecule has 0 aliphatic rings. The lowest BCUT2D eigenvalue weighted by Gasteiger charge is -2.05. The number of rotatable bonds is 2. The predicted molar refractivity (Wildman–Crippen MR) is 52.9 cm³/mol. The third-order valence-corrected chi connectivity index (χ3v) is 2.12. The molecule has 13 heavy (non-hydrogen) atoms. The molecule has 0 unspecified atom stereocenters. The summed E-state index contributed by atoms with van der Waals surface area (Å²) in [6, 6.07) is 4.58. The van der Waals surface area contributed by atoms with E-state index in [9.17, 15) is 14.7 Å². The molecule has 5 heteroatoms. The van der Waals surface area contributed by atoms with Crippen LogP contribution in [0.5, 0.6) is 0 Å². The van der Waals surface area contributed by atoms with Crippen LogP contribution in [-0.4, -0.2) is 11.8 Å². The molecule has 68 valence electrons. The molecule has 0 spiro atoms. The van der Waals surface area contributed by atoms with E-state index in [-0.39, 0.29) is 11.3 Å². The van der Waals surface area contributed by atoms with Gasteiger partial charge in [-0.25, -0.2) is 0 Å². The molecule has 0 aliphatic carbocycles. The van der Waals surface area contributed by atoms with Gasteiger partial charge in [-0.15, -0.1) is 0 Å². The molecule has 1 aromatic carbocycles. The number of benzene rings is 1. The molecule has 0 radical (unpaired) electrons. The first-order valence-electron chi connectivity index (χ1n) is 3.33. The van der Waals surface area contributed by atoms with E-state index in [1.807, 2.05) is 22.6 Å². The van der Waals surface area contributed by atoms with Gasteiger partial charge in [0, 0.05) is 14.8 Å². The van der Waals surface area contributed by atoms with Gasteiger partial charge in [0.1, 0.15) is 5.97 Å². The SMILES string of the molecule is Nc1ccc(I)cc1C(=O)C(=O)[O-]. The summed E-state index contributed by atoms with van der Waals surface area (Å²) in [5.74, 6) is -2.83. The summed E-state index contributed by atoms with van der Waals surface area (Å²) in [4.78, 5) is 21.2. The van der Waals surface area contributed by atoms with Crippen molar-refractivity contribution in [2.24, 2.45) is 0 Å². The second-order valence-corrected chi connectivity index (χ2v) is 3.59. The van der Waals surface area contributed by atoms with Gasteiger partial charge < -0.3 is 15.6 Å². The van der Waals surface area contributed by atoms with E-state index >= 15 is 0 Å². The lowest BCUT2D eigenvalue weighted by atomic mass is 10.1. The Hall–Kier alpha value is -1.11. The van der Waals surface area contributed by atoms with E-state index in [1.165, 1.54) is 12.1 Å². The summed E-state index contributed by atoms with van der Waals surface area (Å²) < 4.78 is 0.747. The Morgan fingerprint density at radius 2 is 2.00 bits per heavy atom. The van der Waals surface area contributed by atoms with Gasteiger partial charge >= 0.3 is 0 Å². The molecule has 0 amide bonds. The van der Waals surface area contributed by atoms with Crippen molar-refractivity contribution in [2.75, 3.05) is 5.73 Å².